The summed E-state index contributed by atoms with van der Waals surface area (Å²) in [6.07, 6.45) is -2.33. The second-order valence-electron chi connectivity index (χ2n) is 0.250. The quantitative estimate of drug-likeness (QED) is 0.437. The summed E-state index contributed by atoms with van der Waals surface area (Å²) in [5.41, 5.74) is 0. The van der Waals surface area contributed by atoms with Gasteiger partial charge in [-0.25, -0.2) is 0 Å². The van der Waals surface area contributed by atoms with Gasteiger partial charge >= 0.3 is 41.7 Å². The van der Waals surface area contributed by atoms with Gasteiger partial charge in [-0.05, 0) is 6.16 Å². The van der Waals surface area contributed by atoms with Gasteiger partial charge in [-0.3, -0.25) is 0 Å². The van der Waals surface area contributed by atoms with Gasteiger partial charge in [0.1, 0.15) is 0 Å². The first kappa shape index (κ1) is 32.5. The molecule has 0 aromatic carbocycles. The maximum atomic E-state index is 8.33. The maximum absolute atomic E-state index is 8.33. The molecule has 0 unspecified atom stereocenters. The fourth-order valence-corrected chi connectivity index (χ4v) is 0. The molecule has 0 amide bonds. The van der Waals surface area contributed by atoms with E-state index in [4.69, 9.17) is 15.0 Å². The Morgan fingerprint density at radius 1 is 1.25 bits per heavy atom. The summed E-state index contributed by atoms with van der Waals surface area (Å²) in [6, 6.07) is 0. The number of hydrogen-bond donors (Lipinski definition) is 0. The molecule has 3 N–H and O–H groups in total. The van der Waals surface area contributed by atoms with Crippen LogP contribution in [0.3, 0.4) is 0 Å². The smallest absolute Gasteiger partial charge is 0.870 e. The second kappa shape index (κ2) is 23.1. The molecule has 0 heterocycles. The van der Waals surface area contributed by atoms with Gasteiger partial charge in [0.15, 0.2) is 0 Å². The number of carbonyl (C=O) groups excluding carboxylic acids is 1. The van der Waals surface area contributed by atoms with Crippen LogP contribution < -0.4 is 10.2 Å². The molecule has 8 heavy (non-hydrogen) atoms. The van der Waals surface area contributed by atoms with Crippen LogP contribution in [0.15, 0.2) is 0 Å². The Balaban J connectivity index is -0.00000000750. The first-order valence-corrected chi connectivity index (χ1v) is 0.612. The van der Waals surface area contributed by atoms with Crippen molar-refractivity contribution in [3.05, 3.63) is 0 Å². The van der Waals surface area contributed by atoms with E-state index < -0.39 is 6.16 Å². The Labute approximate surface area is 113 Å². The van der Waals surface area contributed by atoms with Crippen LogP contribution in [0.5, 0.6) is 0 Å². The average Bonchev–Trinajstić information content (AvgIpc) is 0.811. The molecular weight excluding hydrogens is 372 g/mol. The standard InChI is InChI=1S/CH2O3.2Ce.2H2O/c2-1(3)4;;;;/h(H2,2,3,4);;;2*1H2/q;;+3;;/p-3. The van der Waals surface area contributed by atoms with E-state index in [1.807, 2.05) is 0 Å². The third-order valence-electron chi connectivity index (χ3n) is 0. The Hall–Kier alpha value is 1.94. The Morgan fingerprint density at radius 2 is 1.25 bits per heavy atom. The predicted octanol–water partition coefficient (Wildman–Crippen LogP) is -3.45. The molecule has 0 aromatic rings. The van der Waals surface area contributed by atoms with Gasteiger partial charge < -0.3 is 26.0 Å². The normalized spacial score (nSPS) is 3.00. The molecular formula is CH3Ce2O5. The fourth-order valence-electron chi connectivity index (χ4n) is 0. The van der Waals surface area contributed by atoms with Crippen molar-refractivity contribution in [3.8, 4) is 0 Å². The molecule has 0 saturated carbocycles. The topological polar surface area (TPSA) is 125 Å². The minimum Gasteiger partial charge on any atom is -0.870 e. The van der Waals surface area contributed by atoms with E-state index in [-0.39, 0.29) is 94.4 Å². The summed E-state index contributed by atoms with van der Waals surface area (Å²) in [6.45, 7) is 0. The minimum absolute atomic E-state index is 0. The number of carbonyl (C=O) groups is 1. The van der Waals surface area contributed by atoms with Crippen molar-refractivity contribution in [2.45, 2.75) is 0 Å². The molecule has 0 saturated heterocycles. The van der Waals surface area contributed by atoms with Crippen molar-refractivity contribution >= 4 is 6.16 Å². The summed E-state index contributed by atoms with van der Waals surface area (Å²) in [7, 11) is 0. The third kappa shape index (κ3) is 101. The van der Waals surface area contributed by atoms with Crippen molar-refractivity contribution in [2.24, 2.45) is 0 Å². The molecule has 45 valence electrons. The van der Waals surface area contributed by atoms with Gasteiger partial charge in [0.2, 0.25) is 0 Å². The van der Waals surface area contributed by atoms with Crippen LogP contribution in [0.1, 0.15) is 0 Å². The molecule has 1 radical (unpaired) electrons. The second-order valence-corrected chi connectivity index (χ2v) is 0.250. The van der Waals surface area contributed by atoms with Gasteiger partial charge in [-0.2, -0.15) is 0 Å². The molecule has 0 aliphatic carbocycles. The number of rotatable bonds is 0. The zero-order valence-corrected chi connectivity index (χ0v) is 9.95. The van der Waals surface area contributed by atoms with Crippen LogP contribution in [-0.4, -0.2) is 17.1 Å². The Bertz CT molecular complexity index is 33.4. The van der Waals surface area contributed by atoms with E-state index in [1.54, 1.807) is 0 Å². The van der Waals surface area contributed by atoms with Gasteiger partial charge in [0, 0.05) is 41.7 Å². The number of hydrogen-bond acceptors (Lipinski definition) is 4. The van der Waals surface area contributed by atoms with Gasteiger partial charge in [0.25, 0.3) is 0 Å². The molecule has 0 atom stereocenters. The first-order valence-electron chi connectivity index (χ1n) is 0.612. The van der Waals surface area contributed by atoms with E-state index >= 15 is 0 Å². The van der Waals surface area contributed by atoms with E-state index in [1.165, 1.54) is 0 Å². The monoisotopic (exact) mass is 375 g/mol. The van der Waals surface area contributed by atoms with Crippen LogP contribution in [0.2, 0.25) is 0 Å². The van der Waals surface area contributed by atoms with E-state index in [2.05, 4.69) is 0 Å². The van der Waals surface area contributed by atoms with Crippen molar-refractivity contribution in [1.29, 1.82) is 0 Å². The van der Waals surface area contributed by atoms with E-state index in [0.29, 0.717) is 0 Å². The average molecular weight is 375 g/mol. The molecule has 0 rings (SSSR count). The Morgan fingerprint density at radius 3 is 1.25 bits per heavy atom. The molecule has 0 spiro atoms. The van der Waals surface area contributed by atoms with Crippen molar-refractivity contribution in [1.82, 2.24) is 0 Å². The summed E-state index contributed by atoms with van der Waals surface area (Å²) < 4.78 is 0. The Kier molecular flexibility index (Phi) is 93.9. The molecule has 0 aromatic heterocycles. The SMILES string of the molecule is O.O=C([O-])[O-].[Ce+3].[Ce].[OH-]. The largest absolute Gasteiger partial charge is 3.00 e. The predicted molar refractivity (Wildman–Crippen MR) is 10.9 cm³/mol. The van der Waals surface area contributed by atoms with Crippen LogP contribution >= 0.6 is 0 Å². The van der Waals surface area contributed by atoms with Gasteiger partial charge in [-0.1, -0.05) is 0 Å². The van der Waals surface area contributed by atoms with Crippen molar-refractivity contribution < 1.29 is 109 Å². The molecule has 0 bridgehead atoms. The summed E-state index contributed by atoms with van der Waals surface area (Å²) in [4.78, 5) is 8.33. The van der Waals surface area contributed by atoms with Crippen molar-refractivity contribution in [3.63, 3.8) is 0 Å². The zero-order valence-electron chi connectivity index (χ0n) is 3.67. The molecule has 0 aliphatic rings. The molecule has 0 fully saturated rings. The number of carboxylic acid groups (broad SMARTS) is 2. The van der Waals surface area contributed by atoms with E-state index in [0.717, 1.165) is 0 Å². The van der Waals surface area contributed by atoms with Crippen LogP contribution in [-0.2, 0) is 0 Å². The van der Waals surface area contributed by atoms with Crippen LogP contribution in [0, 0.1) is 83.5 Å². The van der Waals surface area contributed by atoms with E-state index in [9.17, 15) is 0 Å². The van der Waals surface area contributed by atoms with Gasteiger partial charge in [-0.15, -0.1) is 0 Å². The zero-order chi connectivity index (χ0) is 3.58. The van der Waals surface area contributed by atoms with Crippen LogP contribution in [0.4, 0.5) is 4.79 Å². The summed E-state index contributed by atoms with van der Waals surface area (Å²) in [5, 5.41) is 16.7. The van der Waals surface area contributed by atoms with Crippen molar-refractivity contribution in [2.75, 3.05) is 0 Å². The van der Waals surface area contributed by atoms with Gasteiger partial charge in [0.05, 0.1) is 0 Å². The molecule has 5 nitrogen and oxygen atoms in total. The summed E-state index contributed by atoms with van der Waals surface area (Å²) in [5.74, 6) is 0. The first-order chi connectivity index (χ1) is 1.73. The molecule has 7 heteroatoms. The third-order valence-corrected chi connectivity index (χ3v) is 0. The summed E-state index contributed by atoms with van der Waals surface area (Å²) >= 11 is 0. The maximum Gasteiger partial charge on any atom is 3.00 e. The fraction of sp³-hybridized carbons (Fsp3) is 0. The van der Waals surface area contributed by atoms with Crippen LogP contribution in [0.25, 0.3) is 0 Å². The molecule has 0 aliphatic heterocycles. The minimum atomic E-state index is -2.33.